The number of benzene rings is 4. The Morgan fingerprint density at radius 3 is 2.07 bits per heavy atom. The fraction of sp³-hybridized carbons (Fsp3) is 0.324. The SMILES string of the molecule is COc1cc(C2CC2)cc(OC)c1CN(C1CCN(c2ccc(C(=O)O)cc2)CC1)S(=O)(=O)c1ccc2ccccc2c1. The third-order valence-electron chi connectivity index (χ3n) is 8.67. The summed E-state index contributed by atoms with van der Waals surface area (Å²) in [7, 11) is -0.681. The number of carboxylic acid groups (broad SMARTS) is 1. The molecule has 0 amide bonds. The van der Waals surface area contributed by atoms with Crippen LogP contribution in [0.3, 0.4) is 0 Å². The number of ether oxygens (including phenoxy) is 2. The molecule has 2 aliphatic rings. The Morgan fingerprint density at radius 1 is 0.860 bits per heavy atom. The Kier molecular flexibility index (Phi) is 8.03. The standard InChI is InChI=1S/C34H36N2O6S/c1-41-32-20-27(24-7-8-24)21-33(42-2)31(32)22-36(43(39,40)30-14-11-23-5-3-4-6-26(23)19-30)29-15-17-35(18-16-29)28-12-9-25(10-13-28)34(37)38/h3-6,9-14,19-21,24,29H,7-8,15-18,22H2,1-2H3,(H,37,38). The average molecular weight is 601 g/mol. The molecule has 0 unspecified atom stereocenters. The minimum atomic E-state index is -3.91. The summed E-state index contributed by atoms with van der Waals surface area (Å²) in [6, 6.07) is 23.7. The van der Waals surface area contributed by atoms with Crippen molar-refractivity contribution < 1.29 is 27.8 Å². The Balaban J connectivity index is 1.34. The van der Waals surface area contributed by atoms with Gasteiger partial charge in [0.2, 0.25) is 10.0 Å². The number of piperidine rings is 1. The zero-order chi connectivity index (χ0) is 30.1. The third kappa shape index (κ3) is 5.92. The number of carbonyl (C=O) groups is 1. The van der Waals surface area contributed by atoms with Crippen LogP contribution in [0.5, 0.6) is 11.5 Å². The molecule has 43 heavy (non-hydrogen) atoms. The normalized spacial score (nSPS) is 16.0. The first-order valence-corrected chi connectivity index (χ1v) is 16.1. The van der Waals surface area contributed by atoms with Crippen molar-refractivity contribution in [2.24, 2.45) is 0 Å². The summed E-state index contributed by atoms with van der Waals surface area (Å²) in [5.41, 5.74) is 3.03. The zero-order valence-electron chi connectivity index (χ0n) is 24.4. The Bertz CT molecular complexity index is 1720. The molecule has 1 aliphatic heterocycles. The van der Waals surface area contributed by atoms with Gasteiger partial charge in [0.05, 0.1) is 30.2 Å². The van der Waals surface area contributed by atoms with Crippen molar-refractivity contribution in [2.75, 3.05) is 32.2 Å². The molecular formula is C34H36N2O6S. The molecule has 0 atom stereocenters. The van der Waals surface area contributed by atoms with Gasteiger partial charge in [0.15, 0.2) is 0 Å². The van der Waals surface area contributed by atoms with E-state index in [1.807, 2.05) is 54.6 Å². The summed E-state index contributed by atoms with van der Waals surface area (Å²) in [6.07, 6.45) is 3.48. The molecule has 4 aromatic rings. The number of rotatable bonds is 10. The predicted molar refractivity (Wildman–Crippen MR) is 167 cm³/mol. The van der Waals surface area contributed by atoms with E-state index in [1.165, 1.54) is 0 Å². The maximum absolute atomic E-state index is 14.5. The third-order valence-corrected chi connectivity index (χ3v) is 10.6. The average Bonchev–Trinajstić information content (AvgIpc) is 3.89. The van der Waals surface area contributed by atoms with Crippen LogP contribution in [0.25, 0.3) is 10.8 Å². The lowest BCUT2D eigenvalue weighted by atomic mass is 10.0. The number of nitrogens with zero attached hydrogens (tertiary/aromatic N) is 2. The summed E-state index contributed by atoms with van der Waals surface area (Å²) in [5.74, 6) is 0.797. The van der Waals surface area contributed by atoms with E-state index in [0.717, 1.165) is 34.9 Å². The van der Waals surface area contributed by atoms with E-state index in [4.69, 9.17) is 9.47 Å². The van der Waals surface area contributed by atoms with Crippen molar-refractivity contribution in [3.05, 3.63) is 95.6 Å². The highest BCUT2D eigenvalue weighted by atomic mass is 32.2. The van der Waals surface area contributed by atoms with Crippen molar-refractivity contribution in [1.82, 2.24) is 4.31 Å². The van der Waals surface area contributed by atoms with Crippen LogP contribution >= 0.6 is 0 Å². The van der Waals surface area contributed by atoms with Crippen molar-refractivity contribution in [3.8, 4) is 11.5 Å². The number of methoxy groups -OCH3 is 2. The van der Waals surface area contributed by atoms with Gasteiger partial charge in [-0.3, -0.25) is 0 Å². The molecule has 1 heterocycles. The summed E-state index contributed by atoms with van der Waals surface area (Å²) >= 11 is 0. The van der Waals surface area contributed by atoms with Crippen molar-refractivity contribution in [1.29, 1.82) is 0 Å². The smallest absolute Gasteiger partial charge is 0.335 e. The first-order valence-electron chi connectivity index (χ1n) is 14.6. The Labute approximate surface area is 252 Å². The number of fused-ring (bicyclic) bond motifs is 1. The van der Waals surface area contributed by atoms with Gasteiger partial charge in [0.1, 0.15) is 11.5 Å². The molecule has 1 saturated carbocycles. The van der Waals surface area contributed by atoms with Crippen molar-refractivity contribution >= 4 is 32.5 Å². The number of aromatic carboxylic acids is 1. The van der Waals surface area contributed by atoms with E-state index in [9.17, 15) is 18.3 Å². The van der Waals surface area contributed by atoms with Crippen LogP contribution in [0.4, 0.5) is 5.69 Å². The molecule has 9 heteroatoms. The maximum Gasteiger partial charge on any atom is 0.335 e. The highest BCUT2D eigenvalue weighted by molar-refractivity contribution is 7.89. The van der Waals surface area contributed by atoms with E-state index in [2.05, 4.69) is 4.90 Å². The molecule has 0 radical (unpaired) electrons. The van der Waals surface area contributed by atoms with Gasteiger partial charge in [0, 0.05) is 31.4 Å². The van der Waals surface area contributed by atoms with Crippen LogP contribution in [0.15, 0.2) is 83.8 Å². The van der Waals surface area contributed by atoms with Crippen molar-refractivity contribution in [2.45, 2.75) is 49.1 Å². The minimum absolute atomic E-state index is 0.116. The van der Waals surface area contributed by atoms with E-state index in [1.54, 1.807) is 42.8 Å². The minimum Gasteiger partial charge on any atom is -0.496 e. The molecule has 1 N–H and O–H groups in total. The molecule has 0 aromatic heterocycles. The molecule has 0 bridgehead atoms. The second-order valence-electron chi connectivity index (χ2n) is 11.3. The van der Waals surface area contributed by atoms with Crippen LogP contribution < -0.4 is 14.4 Å². The van der Waals surface area contributed by atoms with Gasteiger partial charge in [-0.05, 0) is 96.5 Å². The molecule has 4 aromatic carbocycles. The second-order valence-corrected chi connectivity index (χ2v) is 13.2. The number of hydrogen-bond acceptors (Lipinski definition) is 6. The predicted octanol–water partition coefficient (Wildman–Crippen LogP) is 6.29. The topological polar surface area (TPSA) is 96.4 Å². The van der Waals surface area contributed by atoms with Crippen LogP contribution in [0.2, 0.25) is 0 Å². The molecular weight excluding hydrogens is 564 g/mol. The monoisotopic (exact) mass is 600 g/mol. The second kappa shape index (κ2) is 11.9. The molecule has 1 saturated heterocycles. The van der Waals surface area contributed by atoms with Gasteiger partial charge in [-0.1, -0.05) is 30.3 Å². The van der Waals surface area contributed by atoms with E-state index < -0.39 is 16.0 Å². The highest BCUT2D eigenvalue weighted by Crippen LogP contribution is 2.45. The van der Waals surface area contributed by atoms with Crippen LogP contribution in [0.1, 0.15) is 53.1 Å². The first kappa shape index (κ1) is 29.0. The molecule has 2 fully saturated rings. The summed E-state index contributed by atoms with van der Waals surface area (Å²) in [4.78, 5) is 13.7. The number of hydrogen-bond donors (Lipinski definition) is 1. The molecule has 6 rings (SSSR count). The lowest BCUT2D eigenvalue weighted by molar-refractivity contribution is 0.0697. The first-order chi connectivity index (χ1) is 20.8. The van der Waals surface area contributed by atoms with Gasteiger partial charge >= 0.3 is 5.97 Å². The Hall–Kier alpha value is -4.08. The number of carboxylic acids is 1. The summed E-state index contributed by atoms with van der Waals surface area (Å²) in [6.45, 7) is 1.38. The fourth-order valence-corrected chi connectivity index (χ4v) is 7.76. The lowest BCUT2D eigenvalue weighted by Gasteiger charge is -2.39. The van der Waals surface area contributed by atoms with E-state index in [0.29, 0.717) is 48.9 Å². The molecule has 0 spiro atoms. The van der Waals surface area contributed by atoms with Gasteiger partial charge in [0.25, 0.3) is 0 Å². The van der Waals surface area contributed by atoms with Gasteiger partial charge < -0.3 is 19.5 Å². The quantitative estimate of drug-likeness (QED) is 0.228. The van der Waals surface area contributed by atoms with E-state index in [-0.39, 0.29) is 23.0 Å². The van der Waals surface area contributed by atoms with Crippen LogP contribution in [-0.4, -0.2) is 57.1 Å². The van der Waals surface area contributed by atoms with Crippen LogP contribution in [-0.2, 0) is 16.6 Å². The molecule has 8 nitrogen and oxygen atoms in total. The number of sulfonamides is 1. The van der Waals surface area contributed by atoms with Crippen molar-refractivity contribution in [3.63, 3.8) is 0 Å². The highest BCUT2D eigenvalue weighted by Gasteiger charge is 2.36. The molecule has 1 aliphatic carbocycles. The van der Waals surface area contributed by atoms with E-state index >= 15 is 0 Å². The maximum atomic E-state index is 14.5. The molecule has 224 valence electrons. The number of anilines is 1. The Morgan fingerprint density at radius 2 is 1.49 bits per heavy atom. The van der Waals surface area contributed by atoms with Gasteiger partial charge in [-0.25, -0.2) is 13.2 Å². The lowest BCUT2D eigenvalue weighted by Crippen LogP contribution is -2.47. The summed E-state index contributed by atoms with van der Waals surface area (Å²) in [5, 5.41) is 11.1. The van der Waals surface area contributed by atoms with Crippen LogP contribution in [0, 0.1) is 0 Å². The summed E-state index contributed by atoms with van der Waals surface area (Å²) < 4.78 is 42.2. The van der Waals surface area contributed by atoms with Gasteiger partial charge in [-0.15, -0.1) is 0 Å². The largest absolute Gasteiger partial charge is 0.496 e. The fourth-order valence-electron chi connectivity index (χ4n) is 6.07. The van der Waals surface area contributed by atoms with Gasteiger partial charge in [-0.2, -0.15) is 4.31 Å². The zero-order valence-corrected chi connectivity index (χ0v) is 25.2.